The molecular formula is C33H28Cl2N4O5S. The Kier molecular flexibility index (Phi) is 11.4. The highest BCUT2D eigenvalue weighted by Gasteiger charge is 2.21. The van der Waals surface area contributed by atoms with Crippen LogP contribution in [0.3, 0.4) is 0 Å². The molecule has 0 aliphatic carbocycles. The molecule has 0 heterocycles. The highest BCUT2D eigenvalue weighted by Crippen LogP contribution is 2.31. The molecule has 12 heteroatoms. The van der Waals surface area contributed by atoms with Crippen molar-refractivity contribution in [3.8, 4) is 0 Å². The van der Waals surface area contributed by atoms with Gasteiger partial charge >= 0.3 is 0 Å². The number of hydrogen-bond donors (Lipinski definition) is 3. The van der Waals surface area contributed by atoms with Crippen molar-refractivity contribution in [1.82, 2.24) is 5.32 Å². The number of non-ortho nitro benzene ring substituents is 1. The Labute approximate surface area is 274 Å². The summed E-state index contributed by atoms with van der Waals surface area (Å²) in [6, 6.07) is 24.6. The molecule has 0 aromatic heterocycles. The highest BCUT2D eigenvalue weighted by molar-refractivity contribution is 8.00. The van der Waals surface area contributed by atoms with E-state index in [1.54, 1.807) is 85.8 Å². The van der Waals surface area contributed by atoms with Crippen molar-refractivity contribution in [2.45, 2.75) is 30.4 Å². The van der Waals surface area contributed by atoms with E-state index in [9.17, 15) is 24.5 Å². The largest absolute Gasteiger partial charge is 0.325 e. The first-order valence-electron chi connectivity index (χ1n) is 13.7. The topological polar surface area (TPSA) is 130 Å². The maximum Gasteiger partial charge on any atom is 0.272 e. The molecular weight excluding hydrogens is 635 g/mol. The van der Waals surface area contributed by atoms with Gasteiger partial charge in [-0.05, 0) is 66.9 Å². The molecule has 0 aliphatic rings. The van der Waals surface area contributed by atoms with Gasteiger partial charge in [0.15, 0.2) is 0 Å². The molecule has 0 saturated heterocycles. The van der Waals surface area contributed by atoms with Crippen LogP contribution in [0.5, 0.6) is 0 Å². The average molecular weight is 664 g/mol. The lowest BCUT2D eigenvalue weighted by molar-refractivity contribution is -0.384. The van der Waals surface area contributed by atoms with Crippen molar-refractivity contribution < 1.29 is 19.3 Å². The van der Waals surface area contributed by atoms with Crippen molar-refractivity contribution in [3.05, 3.63) is 134 Å². The van der Waals surface area contributed by atoms with Crippen molar-refractivity contribution in [1.29, 1.82) is 0 Å². The van der Waals surface area contributed by atoms with Crippen molar-refractivity contribution in [3.63, 3.8) is 0 Å². The Balaban J connectivity index is 1.53. The average Bonchev–Trinajstić information content (AvgIpc) is 3.03. The van der Waals surface area contributed by atoms with Crippen LogP contribution in [0.25, 0.3) is 6.08 Å². The molecule has 1 unspecified atom stereocenters. The first-order valence-corrected chi connectivity index (χ1v) is 15.3. The third kappa shape index (κ3) is 8.95. The van der Waals surface area contributed by atoms with Gasteiger partial charge in [0.1, 0.15) is 5.70 Å². The molecule has 4 rings (SSSR count). The molecule has 3 N–H and O–H groups in total. The predicted octanol–water partition coefficient (Wildman–Crippen LogP) is 8.13. The van der Waals surface area contributed by atoms with Crippen LogP contribution in [0.2, 0.25) is 10.0 Å². The Bertz CT molecular complexity index is 1780. The summed E-state index contributed by atoms with van der Waals surface area (Å²) in [6.45, 7) is 3.61. The molecule has 4 aromatic carbocycles. The van der Waals surface area contributed by atoms with Crippen LogP contribution in [0.15, 0.2) is 102 Å². The summed E-state index contributed by atoms with van der Waals surface area (Å²) in [5, 5.41) is 19.4. The smallest absolute Gasteiger partial charge is 0.272 e. The Hall–Kier alpha value is -4.64. The molecule has 230 valence electrons. The van der Waals surface area contributed by atoms with Gasteiger partial charge in [-0.1, -0.05) is 72.6 Å². The third-order valence-corrected chi connectivity index (χ3v) is 8.72. The van der Waals surface area contributed by atoms with Gasteiger partial charge in [0, 0.05) is 28.3 Å². The molecule has 0 bridgehead atoms. The highest BCUT2D eigenvalue weighted by atomic mass is 35.5. The van der Waals surface area contributed by atoms with Crippen LogP contribution < -0.4 is 16.0 Å². The second-order valence-electron chi connectivity index (χ2n) is 9.76. The quantitative estimate of drug-likeness (QED) is 0.0643. The van der Waals surface area contributed by atoms with Crippen LogP contribution in [0, 0.1) is 17.0 Å². The molecule has 3 amide bonds. The number of nitro groups is 1. The van der Waals surface area contributed by atoms with E-state index < -0.39 is 22.0 Å². The van der Waals surface area contributed by atoms with Gasteiger partial charge in [-0.15, -0.1) is 11.8 Å². The molecule has 0 spiro atoms. The van der Waals surface area contributed by atoms with Crippen LogP contribution in [-0.4, -0.2) is 27.9 Å². The molecule has 45 heavy (non-hydrogen) atoms. The molecule has 4 aromatic rings. The van der Waals surface area contributed by atoms with E-state index >= 15 is 0 Å². The number of nitrogens with one attached hydrogen (secondary N) is 3. The van der Waals surface area contributed by atoms with Crippen LogP contribution >= 0.6 is 35.0 Å². The van der Waals surface area contributed by atoms with E-state index in [2.05, 4.69) is 16.0 Å². The lowest BCUT2D eigenvalue weighted by Crippen LogP contribution is -2.30. The summed E-state index contributed by atoms with van der Waals surface area (Å²) in [5.41, 5.74) is 2.09. The number of aryl methyl sites for hydroxylation is 1. The minimum absolute atomic E-state index is 0.0655. The van der Waals surface area contributed by atoms with Crippen molar-refractivity contribution in [2.24, 2.45) is 0 Å². The zero-order valence-electron chi connectivity index (χ0n) is 24.2. The molecule has 0 fully saturated rings. The van der Waals surface area contributed by atoms with Gasteiger partial charge in [0.05, 0.1) is 25.9 Å². The van der Waals surface area contributed by atoms with E-state index in [1.165, 1.54) is 30.0 Å². The lowest BCUT2D eigenvalue weighted by atomic mass is 10.1. The minimum atomic E-state index is -0.608. The Morgan fingerprint density at radius 3 is 2.38 bits per heavy atom. The summed E-state index contributed by atoms with van der Waals surface area (Å²) < 4.78 is 0. The van der Waals surface area contributed by atoms with Crippen molar-refractivity contribution in [2.75, 3.05) is 10.6 Å². The van der Waals surface area contributed by atoms with E-state index in [-0.39, 0.29) is 22.3 Å². The summed E-state index contributed by atoms with van der Waals surface area (Å²) in [5.74, 6) is -1.41. The summed E-state index contributed by atoms with van der Waals surface area (Å²) in [6.07, 6.45) is 1.91. The monoisotopic (exact) mass is 662 g/mol. The number of nitro benzene ring substituents is 1. The van der Waals surface area contributed by atoms with Gasteiger partial charge in [0.25, 0.3) is 17.5 Å². The minimum Gasteiger partial charge on any atom is -0.325 e. The van der Waals surface area contributed by atoms with Crippen molar-refractivity contribution >= 4 is 75.8 Å². The number of hydrogen-bond acceptors (Lipinski definition) is 6. The maximum atomic E-state index is 13.5. The number of anilines is 2. The Morgan fingerprint density at radius 2 is 1.67 bits per heavy atom. The van der Waals surface area contributed by atoms with Crippen LogP contribution in [0.1, 0.15) is 34.8 Å². The summed E-state index contributed by atoms with van der Waals surface area (Å²) in [4.78, 5) is 51.0. The number of carbonyl (C=O) groups is 3. The number of carbonyl (C=O) groups excluding carboxylic acids is 3. The zero-order chi connectivity index (χ0) is 32.5. The molecule has 1 atom stereocenters. The van der Waals surface area contributed by atoms with E-state index in [1.807, 2.05) is 6.92 Å². The molecule has 0 saturated carbocycles. The third-order valence-electron chi connectivity index (χ3n) is 6.53. The Morgan fingerprint density at radius 1 is 0.933 bits per heavy atom. The van der Waals surface area contributed by atoms with Crippen LogP contribution in [0.4, 0.5) is 17.1 Å². The van der Waals surface area contributed by atoms with Gasteiger partial charge in [0.2, 0.25) is 5.91 Å². The number of nitrogens with zero attached hydrogens (tertiary/aromatic N) is 1. The fourth-order valence-corrected chi connectivity index (χ4v) is 5.51. The summed E-state index contributed by atoms with van der Waals surface area (Å²) >= 11 is 13.8. The number of rotatable bonds is 11. The number of benzene rings is 4. The molecule has 9 nitrogen and oxygen atoms in total. The summed E-state index contributed by atoms with van der Waals surface area (Å²) in [7, 11) is 0. The zero-order valence-corrected chi connectivity index (χ0v) is 26.5. The number of halogens is 2. The first-order chi connectivity index (χ1) is 21.5. The van der Waals surface area contributed by atoms with Gasteiger partial charge < -0.3 is 16.0 Å². The second-order valence-corrected chi connectivity index (χ2v) is 11.8. The maximum absolute atomic E-state index is 13.5. The SMILES string of the molecule is CCC(Sc1cccc(NC(=O)/C(=C\c2cccc(Cl)c2Cl)NC(=O)c2ccccc2)c1)C(=O)Nc1cc([N+](=O)[O-])ccc1C. The fraction of sp³-hybridized carbons (Fsp3) is 0.121. The van der Waals surface area contributed by atoms with Crippen LogP contribution in [-0.2, 0) is 9.59 Å². The lowest BCUT2D eigenvalue weighted by Gasteiger charge is -2.17. The number of thioether (sulfide) groups is 1. The molecule has 0 aliphatic heterocycles. The number of amides is 3. The second kappa shape index (κ2) is 15.4. The predicted molar refractivity (Wildman–Crippen MR) is 180 cm³/mol. The van der Waals surface area contributed by atoms with Gasteiger partial charge in [-0.3, -0.25) is 24.5 Å². The van der Waals surface area contributed by atoms with E-state index in [0.717, 1.165) is 0 Å². The van der Waals surface area contributed by atoms with Gasteiger partial charge in [-0.2, -0.15) is 0 Å². The molecule has 0 radical (unpaired) electrons. The van der Waals surface area contributed by atoms with Gasteiger partial charge in [-0.25, -0.2) is 0 Å². The standard InChI is InChI=1S/C33H28Cl2N4O5S/c1-3-29(33(42)37-27-19-24(39(43)44)16-15-20(27)2)45-25-13-8-12-23(18-25)36-32(41)28(17-22-11-7-14-26(34)30(22)35)38-31(40)21-9-5-4-6-10-21/h4-19,29H,3H2,1-2H3,(H,36,41)(H,37,42)(H,38,40)/b28-17+. The fourth-order valence-electron chi connectivity index (χ4n) is 4.13. The first kappa shape index (κ1) is 33.3. The van der Waals surface area contributed by atoms with E-state index in [0.29, 0.717) is 44.4 Å². The normalized spacial score (nSPS) is 11.8. The van der Waals surface area contributed by atoms with E-state index in [4.69, 9.17) is 23.2 Å².